The minimum Gasteiger partial charge on any atom is -0.344 e. The van der Waals surface area contributed by atoms with Gasteiger partial charge in [-0.05, 0) is 54.7 Å². The highest BCUT2D eigenvalue weighted by Gasteiger charge is 2.39. The normalized spacial score (nSPS) is 21.2. The molecule has 1 aromatic carbocycles. The zero-order valence-electron chi connectivity index (χ0n) is 17.2. The number of benzene rings is 1. The Hall–Kier alpha value is -1.91. The quantitative estimate of drug-likeness (QED) is 0.826. The summed E-state index contributed by atoms with van der Waals surface area (Å²) >= 11 is 0. The first kappa shape index (κ1) is 20.8. The third kappa shape index (κ3) is 5.12. The summed E-state index contributed by atoms with van der Waals surface area (Å²) in [6, 6.07) is 5.53. The first-order valence-electron chi connectivity index (χ1n) is 10.7. The van der Waals surface area contributed by atoms with Crippen LogP contribution in [0.2, 0.25) is 0 Å². The molecule has 28 heavy (non-hydrogen) atoms. The van der Waals surface area contributed by atoms with Crippen molar-refractivity contribution in [3.05, 3.63) is 35.6 Å². The van der Waals surface area contributed by atoms with E-state index in [-0.39, 0.29) is 17.6 Å². The van der Waals surface area contributed by atoms with Crippen molar-refractivity contribution in [2.45, 2.75) is 71.3 Å². The molecule has 4 nitrogen and oxygen atoms in total. The molecule has 1 heterocycles. The fourth-order valence-corrected chi connectivity index (χ4v) is 4.97. The number of carbonyl (C=O) groups excluding carboxylic acids is 2. The molecule has 1 aliphatic carbocycles. The van der Waals surface area contributed by atoms with E-state index >= 15 is 0 Å². The van der Waals surface area contributed by atoms with Gasteiger partial charge in [-0.2, -0.15) is 0 Å². The van der Waals surface area contributed by atoms with E-state index in [0.29, 0.717) is 11.8 Å². The van der Waals surface area contributed by atoms with Gasteiger partial charge < -0.3 is 10.2 Å². The van der Waals surface area contributed by atoms with Gasteiger partial charge in [0.2, 0.25) is 11.8 Å². The van der Waals surface area contributed by atoms with Crippen molar-refractivity contribution in [1.29, 1.82) is 0 Å². The van der Waals surface area contributed by atoms with E-state index in [0.717, 1.165) is 37.4 Å². The van der Waals surface area contributed by atoms with Gasteiger partial charge in [0.1, 0.15) is 11.9 Å². The molecule has 0 bridgehead atoms. The summed E-state index contributed by atoms with van der Waals surface area (Å²) in [5, 5.41) is 2.80. The maximum Gasteiger partial charge on any atom is 0.245 e. The molecule has 0 spiro atoms. The van der Waals surface area contributed by atoms with Crippen LogP contribution in [0.4, 0.5) is 4.39 Å². The molecule has 2 amide bonds. The molecular weight excluding hydrogens is 355 g/mol. The standard InChI is InChI=1S/C23H33FN2O2/c1-17(27)25-21(16-18-8-10-20(24)11-9-18)22(28)26-14-12-23(2,13-15-26)19-6-4-3-5-7-19/h8-11,19,21H,3-7,12-16H2,1-2H3,(H,25,27)/t21-/m1/s1. The number of piperidine rings is 1. The fraction of sp³-hybridized carbons (Fsp3) is 0.652. The molecule has 1 aromatic rings. The van der Waals surface area contributed by atoms with Crippen molar-refractivity contribution in [2.75, 3.05) is 13.1 Å². The van der Waals surface area contributed by atoms with Gasteiger partial charge in [0.05, 0.1) is 0 Å². The Labute approximate surface area is 167 Å². The Kier molecular flexibility index (Phi) is 6.73. The maximum absolute atomic E-state index is 13.2. The molecule has 2 fully saturated rings. The lowest BCUT2D eigenvalue weighted by Gasteiger charge is -2.46. The number of nitrogens with one attached hydrogen (secondary N) is 1. The second kappa shape index (κ2) is 9.06. The number of rotatable bonds is 5. The van der Waals surface area contributed by atoms with Crippen LogP contribution in [0, 0.1) is 17.2 Å². The average molecular weight is 389 g/mol. The number of nitrogens with zero attached hydrogens (tertiary/aromatic N) is 1. The molecule has 1 aliphatic heterocycles. The summed E-state index contributed by atoms with van der Waals surface area (Å²) in [6.45, 7) is 5.34. The van der Waals surface area contributed by atoms with E-state index in [1.165, 1.54) is 51.2 Å². The van der Waals surface area contributed by atoms with Crippen LogP contribution in [0.5, 0.6) is 0 Å². The van der Waals surface area contributed by atoms with Crippen molar-refractivity contribution in [1.82, 2.24) is 10.2 Å². The number of amides is 2. The van der Waals surface area contributed by atoms with Crippen LogP contribution in [0.15, 0.2) is 24.3 Å². The van der Waals surface area contributed by atoms with Gasteiger partial charge in [-0.3, -0.25) is 9.59 Å². The summed E-state index contributed by atoms with van der Waals surface area (Å²) in [5.74, 6) is 0.239. The van der Waals surface area contributed by atoms with Crippen LogP contribution in [-0.4, -0.2) is 35.8 Å². The van der Waals surface area contributed by atoms with Crippen molar-refractivity contribution < 1.29 is 14.0 Å². The maximum atomic E-state index is 13.2. The van der Waals surface area contributed by atoms with Crippen LogP contribution < -0.4 is 5.32 Å². The Balaban J connectivity index is 1.62. The van der Waals surface area contributed by atoms with Crippen LogP contribution in [0.1, 0.15) is 64.4 Å². The SMILES string of the molecule is CC(=O)N[C@H](Cc1ccc(F)cc1)C(=O)N1CCC(C)(C2CCCCC2)CC1. The number of halogens is 1. The number of hydrogen-bond donors (Lipinski definition) is 1. The van der Waals surface area contributed by atoms with E-state index in [9.17, 15) is 14.0 Å². The molecule has 2 aliphatic rings. The van der Waals surface area contributed by atoms with Gasteiger partial charge in [-0.15, -0.1) is 0 Å². The van der Waals surface area contributed by atoms with Crippen molar-refractivity contribution >= 4 is 11.8 Å². The average Bonchev–Trinajstić information content (AvgIpc) is 2.69. The van der Waals surface area contributed by atoms with Crippen molar-refractivity contribution in [2.24, 2.45) is 11.3 Å². The minimum atomic E-state index is -0.595. The number of carbonyl (C=O) groups is 2. The second-order valence-corrected chi connectivity index (χ2v) is 8.90. The van der Waals surface area contributed by atoms with Gasteiger partial charge in [0.15, 0.2) is 0 Å². The summed E-state index contributed by atoms with van der Waals surface area (Å²) in [4.78, 5) is 26.7. The van der Waals surface area contributed by atoms with E-state index < -0.39 is 6.04 Å². The van der Waals surface area contributed by atoms with E-state index in [4.69, 9.17) is 0 Å². The van der Waals surface area contributed by atoms with Crippen molar-refractivity contribution in [3.8, 4) is 0 Å². The molecule has 0 unspecified atom stereocenters. The molecule has 0 radical (unpaired) electrons. The molecular formula is C23H33FN2O2. The Morgan fingerprint density at radius 2 is 1.75 bits per heavy atom. The predicted molar refractivity (Wildman–Crippen MR) is 108 cm³/mol. The molecule has 3 rings (SSSR count). The highest BCUT2D eigenvalue weighted by molar-refractivity contribution is 5.87. The lowest BCUT2D eigenvalue weighted by molar-refractivity contribution is -0.138. The Bertz CT molecular complexity index is 674. The van der Waals surface area contributed by atoms with Gasteiger partial charge in [-0.25, -0.2) is 4.39 Å². The summed E-state index contributed by atoms with van der Waals surface area (Å²) in [6.07, 6.45) is 9.14. The second-order valence-electron chi connectivity index (χ2n) is 8.90. The van der Waals surface area contributed by atoms with E-state index in [1.54, 1.807) is 12.1 Å². The van der Waals surface area contributed by atoms with Crippen LogP contribution in [0.3, 0.4) is 0 Å². The van der Waals surface area contributed by atoms with Crippen LogP contribution in [0.25, 0.3) is 0 Å². The summed E-state index contributed by atoms with van der Waals surface area (Å²) in [5.41, 5.74) is 1.18. The highest BCUT2D eigenvalue weighted by Crippen LogP contribution is 2.45. The lowest BCUT2D eigenvalue weighted by Crippen LogP contribution is -2.53. The number of likely N-dealkylation sites (tertiary alicyclic amines) is 1. The summed E-state index contributed by atoms with van der Waals surface area (Å²) < 4.78 is 13.2. The molecule has 1 saturated carbocycles. The van der Waals surface area contributed by atoms with Crippen LogP contribution >= 0.6 is 0 Å². The third-order valence-corrected chi connectivity index (χ3v) is 6.84. The minimum absolute atomic E-state index is 0.0229. The molecule has 0 aromatic heterocycles. The Morgan fingerprint density at radius 1 is 1.14 bits per heavy atom. The lowest BCUT2D eigenvalue weighted by atomic mass is 9.65. The monoisotopic (exact) mass is 388 g/mol. The van der Waals surface area contributed by atoms with E-state index in [2.05, 4.69) is 12.2 Å². The topological polar surface area (TPSA) is 49.4 Å². The first-order valence-corrected chi connectivity index (χ1v) is 10.7. The molecule has 154 valence electrons. The zero-order valence-corrected chi connectivity index (χ0v) is 17.2. The number of hydrogen-bond acceptors (Lipinski definition) is 2. The van der Waals surface area contributed by atoms with Crippen LogP contribution in [-0.2, 0) is 16.0 Å². The zero-order chi connectivity index (χ0) is 20.1. The van der Waals surface area contributed by atoms with Gasteiger partial charge in [0, 0.05) is 26.4 Å². The van der Waals surface area contributed by atoms with E-state index in [1.807, 2.05) is 4.90 Å². The van der Waals surface area contributed by atoms with Gasteiger partial charge in [0.25, 0.3) is 0 Å². The fourth-order valence-electron chi connectivity index (χ4n) is 4.97. The first-order chi connectivity index (χ1) is 13.4. The molecule has 1 atom stereocenters. The van der Waals surface area contributed by atoms with Gasteiger partial charge in [-0.1, -0.05) is 38.3 Å². The third-order valence-electron chi connectivity index (χ3n) is 6.84. The molecule has 5 heteroatoms. The highest BCUT2D eigenvalue weighted by atomic mass is 19.1. The Morgan fingerprint density at radius 3 is 2.32 bits per heavy atom. The predicted octanol–water partition coefficient (Wildman–Crippen LogP) is 4.08. The molecule has 1 saturated heterocycles. The van der Waals surface area contributed by atoms with Gasteiger partial charge >= 0.3 is 0 Å². The van der Waals surface area contributed by atoms with Crippen molar-refractivity contribution in [3.63, 3.8) is 0 Å². The molecule has 1 N–H and O–H groups in total. The largest absolute Gasteiger partial charge is 0.344 e. The smallest absolute Gasteiger partial charge is 0.245 e. The summed E-state index contributed by atoms with van der Waals surface area (Å²) in [7, 11) is 0.